The van der Waals surface area contributed by atoms with Gasteiger partial charge in [0.15, 0.2) is 10.9 Å². The second-order valence-corrected chi connectivity index (χ2v) is 13.8. The quantitative estimate of drug-likeness (QED) is 0.333. The summed E-state index contributed by atoms with van der Waals surface area (Å²) in [5, 5.41) is 14.7. The van der Waals surface area contributed by atoms with Gasteiger partial charge in [-0.15, -0.1) is 0 Å². The average Bonchev–Trinajstić information content (AvgIpc) is 3.80. The summed E-state index contributed by atoms with van der Waals surface area (Å²) in [5.41, 5.74) is 3.30. The van der Waals surface area contributed by atoms with Gasteiger partial charge in [-0.3, -0.25) is 0 Å². The molecule has 5 aliphatic rings. The number of carbonyl (C=O) groups is 1. The summed E-state index contributed by atoms with van der Waals surface area (Å²) in [5.74, 6) is 0.404. The summed E-state index contributed by atoms with van der Waals surface area (Å²) in [4.78, 5) is 18.4. The number of halogens is 1. The number of thiazole rings is 1. The topological polar surface area (TPSA) is 88.7 Å². The molecule has 1 N–H and O–H groups in total. The minimum Gasteiger partial charge on any atom is -0.478 e. The third kappa shape index (κ3) is 4.27. The molecule has 3 atom stereocenters. The van der Waals surface area contributed by atoms with Crippen molar-refractivity contribution in [2.45, 2.75) is 114 Å². The van der Waals surface area contributed by atoms with Crippen LogP contribution in [0.2, 0.25) is 0 Å². The first-order chi connectivity index (χ1) is 19.0. The summed E-state index contributed by atoms with van der Waals surface area (Å²) in [7, 11) is 0. The van der Waals surface area contributed by atoms with E-state index in [4.69, 9.17) is 9.26 Å². The molecule has 2 bridgehead atoms. The highest BCUT2D eigenvalue weighted by molar-refractivity contribution is 7.22. The highest BCUT2D eigenvalue weighted by Crippen LogP contribution is 2.59. The third-order valence-electron chi connectivity index (χ3n) is 10.2. The molecule has 2 aliphatic heterocycles. The van der Waals surface area contributed by atoms with Crippen molar-refractivity contribution < 1.29 is 23.6 Å². The number of rotatable bonds is 7. The molecule has 5 fully saturated rings. The maximum absolute atomic E-state index is 14.6. The van der Waals surface area contributed by atoms with Gasteiger partial charge in [0.1, 0.15) is 11.3 Å². The van der Waals surface area contributed by atoms with Crippen LogP contribution in [0.4, 0.5) is 9.52 Å². The van der Waals surface area contributed by atoms with Crippen LogP contribution in [0.25, 0.3) is 10.2 Å². The lowest BCUT2D eigenvalue weighted by atomic mass is 9.77. The number of carboxylic acid groups (broad SMARTS) is 1. The Morgan fingerprint density at radius 2 is 1.82 bits per heavy atom. The zero-order valence-corrected chi connectivity index (χ0v) is 22.9. The van der Waals surface area contributed by atoms with Crippen molar-refractivity contribution >= 4 is 32.7 Å². The number of piperidine rings is 1. The molecule has 4 heterocycles. The number of anilines is 1. The van der Waals surface area contributed by atoms with E-state index in [9.17, 15) is 14.3 Å². The summed E-state index contributed by atoms with van der Waals surface area (Å²) < 4.78 is 27.8. The Balaban J connectivity index is 0.977. The van der Waals surface area contributed by atoms with Gasteiger partial charge in [0, 0.05) is 29.5 Å². The summed E-state index contributed by atoms with van der Waals surface area (Å²) >= 11 is 1.39. The van der Waals surface area contributed by atoms with Crippen LogP contribution in [-0.2, 0) is 11.3 Å². The van der Waals surface area contributed by atoms with Gasteiger partial charge in [-0.2, -0.15) is 0 Å². The molecule has 8 rings (SSSR count). The first-order valence-electron chi connectivity index (χ1n) is 14.7. The summed E-state index contributed by atoms with van der Waals surface area (Å²) in [6.07, 6.45) is 14.5. The maximum atomic E-state index is 14.6. The van der Waals surface area contributed by atoms with Crippen LogP contribution < -0.4 is 4.90 Å². The second-order valence-electron chi connectivity index (χ2n) is 12.8. The maximum Gasteiger partial charge on any atom is 0.335 e. The number of hydrogen-bond acceptors (Lipinski definition) is 7. The first-order valence-corrected chi connectivity index (χ1v) is 15.5. The van der Waals surface area contributed by atoms with Crippen LogP contribution in [0.15, 0.2) is 16.7 Å². The van der Waals surface area contributed by atoms with Gasteiger partial charge in [0.25, 0.3) is 0 Å². The van der Waals surface area contributed by atoms with Crippen LogP contribution in [0, 0.1) is 11.2 Å². The lowest BCUT2D eigenvalue weighted by Gasteiger charge is -2.38. The molecular formula is C30H34FN3O4S. The van der Waals surface area contributed by atoms with Gasteiger partial charge in [-0.25, -0.2) is 14.2 Å². The average molecular weight is 552 g/mol. The van der Waals surface area contributed by atoms with Crippen molar-refractivity contribution in [3.05, 3.63) is 40.5 Å². The standard InChI is InChI=1S/C30H34FN3O4S/c31-23-11-18(28(35)36)12-24-26(23)32-29(39-24)34-19-3-4-20(34)14-21(13-19)37-15-22-25(33-38-27(22)17-1-2-17)16-5-7-30(8-6-16)9-10-30/h11-12,16-17,19-21H,1-10,13-15H2,(H,35,36)/t19-,20?,21?/m0/s1. The molecule has 3 saturated carbocycles. The summed E-state index contributed by atoms with van der Waals surface area (Å²) in [6.45, 7) is 0.584. The van der Waals surface area contributed by atoms with E-state index in [1.165, 1.54) is 80.0 Å². The predicted molar refractivity (Wildman–Crippen MR) is 145 cm³/mol. The molecule has 2 saturated heterocycles. The largest absolute Gasteiger partial charge is 0.478 e. The molecule has 2 unspecified atom stereocenters. The first kappa shape index (κ1) is 24.3. The van der Waals surface area contributed by atoms with Crippen LogP contribution in [-0.4, -0.2) is 39.4 Å². The van der Waals surface area contributed by atoms with E-state index in [2.05, 4.69) is 15.0 Å². The molecule has 1 spiro atoms. The van der Waals surface area contributed by atoms with Crippen molar-refractivity contribution in [2.24, 2.45) is 5.41 Å². The number of carboxylic acids is 1. The number of aromatic carboxylic acids is 1. The van der Waals surface area contributed by atoms with Gasteiger partial charge >= 0.3 is 5.97 Å². The van der Waals surface area contributed by atoms with E-state index in [1.54, 1.807) is 0 Å². The van der Waals surface area contributed by atoms with Crippen molar-refractivity contribution in [1.82, 2.24) is 10.1 Å². The summed E-state index contributed by atoms with van der Waals surface area (Å²) in [6, 6.07) is 3.20. The van der Waals surface area contributed by atoms with Gasteiger partial charge in [-0.1, -0.05) is 16.5 Å². The normalized spacial score (nSPS) is 28.0. The predicted octanol–water partition coefficient (Wildman–Crippen LogP) is 7.15. The molecule has 39 heavy (non-hydrogen) atoms. The van der Waals surface area contributed by atoms with E-state index in [0.29, 0.717) is 40.6 Å². The van der Waals surface area contributed by atoms with Gasteiger partial charge in [-0.05, 0) is 94.6 Å². The molecule has 206 valence electrons. The van der Waals surface area contributed by atoms with E-state index in [-0.39, 0.29) is 17.2 Å². The Morgan fingerprint density at radius 3 is 2.49 bits per heavy atom. The molecule has 0 radical (unpaired) electrons. The van der Waals surface area contributed by atoms with E-state index >= 15 is 0 Å². The van der Waals surface area contributed by atoms with E-state index in [1.807, 2.05) is 0 Å². The number of ether oxygens (including phenoxy) is 1. The molecule has 9 heteroatoms. The lowest BCUT2D eigenvalue weighted by Crippen LogP contribution is -2.45. The second kappa shape index (κ2) is 8.99. The van der Waals surface area contributed by atoms with Gasteiger partial charge in [0.2, 0.25) is 0 Å². The fourth-order valence-corrected chi connectivity index (χ4v) is 8.80. The van der Waals surface area contributed by atoms with Crippen LogP contribution in [0.3, 0.4) is 0 Å². The van der Waals surface area contributed by atoms with Crippen molar-refractivity contribution in [1.29, 1.82) is 0 Å². The molecule has 7 nitrogen and oxygen atoms in total. The smallest absolute Gasteiger partial charge is 0.335 e. The third-order valence-corrected chi connectivity index (χ3v) is 11.3. The fraction of sp³-hybridized carbons (Fsp3) is 0.633. The molecule has 2 aromatic heterocycles. The Bertz CT molecular complexity index is 1420. The zero-order valence-electron chi connectivity index (χ0n) is 22.0. The number of nitrogens with zero attached hydrogens (tertiary/aromatic N) is 3. The fourth-order valence-electron chi connectivity index (χ4n) is 7.64. The highest BCUT2D eigenvalue weighted by atomic mass is 32.1. The molecule has 3 aromatic rings. The molecule has 1 aromatic carbocycles. The number of fused-ring (bicyclic) bond motifs is 3. The zero-order chi connectivity index (χ0) is 26.3. The molecule has 0 amide bonds. The molecular weight excluding hydrogens is 517 g/mol. The SMILES string of the molecule is O=C(O)c1cc(F)c2nc(N3C4CC[C@H]3CC(OCc3c(C5CCC6(CC5)CC6)noc3C3CC3)C4)sc2c1. The van der Waals surface area contributed by atoms with E-state index < -0.39 is 11.8 Å². The van der Waals surface area contributed by atoms with Crippen molar-refractivity contribution in [2.75, 3.05) is 4.90 Å². The van der Waals surface area contributed by atoms with Crippen molar-refractivity contribution in [3.63, 3.8) is 0 Å². The van der Waals surface area contributed by atoms with Crippen LogP contribution in [0.5, 0.6) is 0 Å². The Morgan fingerprint density at radius 1 is 1.08 bits per heavy atom. The van der Waals surface area contributed by atoms with Gasteiger partial charge in [0.05, 0.1) is 28.7 Å². The minimum atomic E-state index is -1.13. The number of aromatic nitrogens is 2. The Kier molecular flexibility index (Phi) is 5.60. The van der Waals surface area contributed by atoms with Crippen LogP contribution in [0.1, 0.15) is 116 Å². The van der Waals surface area contributed by atoms with Gasteiger partial charge < -0.3 is 19.3 Å². The Labute approximate surface area is 230 Å². The van der Waals surface area contributed by atoms with Crippen molar-refractivity contribution in [3.8, 4) is 0 Å². The monoisotopic (exact) mass is 551 g/mol. The Hall–Kier alpha value is -2.52. The minimum absolute atomic E-state index is 0.0378. The van der Waals surface area contributed by atoms with E-state index in [0.717, 1.165) is 42.6 Å². The number of hydrogen-bond donors (Lipinski definition) is 1. The highest BCUT2D eigenvalue weighted by Gasteiger charge is 2.47. The molecule has 3 aliphatic carbocycles. The number of benzene rings is 1. The lowest BCUT2D eigenvalue weighted by molar-refractivity contribution is 0.0140. The van der Waals surface area contributed by atoms with Crippen LogP contribution >= 0.6 is 11.3 Å².